The van der Waals surface area contributed by atoms with E-state index >= 15 is 0 Å². The standard InChI is InChI=1S/C18H23ClN4/c1-2-11-20-15-7-9-16(10-8-15)21-18-12-17(22-23-18)13-3-5-14(19)6-4-13/h3-10,17-18,20-23H,2,11-12H2,1H3. The van der Waals surface area contributed by atoms with Crippen LogP contribution in [0.1, 0.15) is 31.4 Å². The smallest absolute Gasteiger partial charge is 0.0914 e. The molecule has 0 spiro atoms. The van der Waals surface area contributed by atoms with Crippen molar-refractivity contribution in [3.8, 4) is 0 Å². The Balaban J connectivity index is 1.54. The van der Waals surface area contributed by atoms with Crippen LogP contribution >= 0.6 is 11.6 Å². The van der Waals surface area contributed by atoms with Gasteiger partial charge in [-0.3, -0.25) is 0 Å². The summed E-state index contributed by atoms with van der Waals surface area (Å²) in [5.41, 5.74) is 10.2. The highest BCUT2D eigenvalue weighted by molar-refractivity contribution is 6.30. The van der Waals surface area contributed by atoms with Gasteiger partial charge in [-0.1, -0.05) is 30.7 Å². The maximum Gasteiger partial charge on any atom is 0.0914 e. The lowest BCUT2D eigenvalue weighted by molar-refractivity contribution is 0.564. The minimum atomic E-state index is 0.199. The van der Waals surface area contributed by atoms with Gasteiger partial charge in [0.2, 0.25) is 0 Å². The van der Waals surface area contributed by atoms with Crippen molar-refractivity contribution in [2.24, 2.45) is 0 Å². The third-order valence-corrected chi connectivity index (χ3v) is 4.23. The van der Waals surface area contributed by atoms with Crippen molar-refractivity contribution in [1.29, 1.82) is 0 Å². The molecule has 0 amide bonds. The van der Waals surface area contributed by atoms with Crippen molar-refractivity contribution in [3.05, 3.63) is 59.1 Å². The quantitative estimate of drug-likeness (QED) is 0.643. The van der Waals surface area contributed by atoms with Crippen molar-refractivity contribution in [1.82, 2.24) is 10.9 Å². The van der Waals surface area contributed by atoms with E-state index in [0.29, 0.717) is 0 Å². The van der Waals surface area contributed by atoms with Crippen LogP contribution in [0.2, 0.25) is 5.02 Å². The first-order chi connectivity index (χ1) is 11.2. The fourth-order valence-corrected chi connectivity index (χ4v) is 2.85. The minimum Gasteiger partial charge on any atom is -0.385 e. The molecule has 2 aromatic carbocycles. The molecule has 0 saturated carbocycles. The molecule has 2 aromatic rings. The number of hydrogen-bond donors (Lipinski definition) is 4. The lowest BCUT2D eigenvalue weighted by Crippen LogP contribution is -2.35. The molecule has 0 radical (unpaired) electrons. The summed E-state index contributed by atoms with van der Waals surface area (Å²) in [4.78, 5) is 0. The molecule has 1 fully saturated rings. The third-order valence-electron chi connectivity index (χ3n) is 3.98. The average molecular weight is 331 g/mol. The van der Waals surface area contributed by atoms with Gasteiger partial charge in [-0.05, 0) is 48.4 Å². The van der Waals surface area contributed by atoms with Crippen LogP contribution in [0.4, 0.5) is 11.4 Å². The number of benzene rings is 2. The van der Waals surface area contributed by atoms with Crippen molar-refractivity contribution in [2.75, 3.05) is 17.2 Å². The zero-order chi connectivity index (χ0) is 16.1. The van der Waals surface area contributed by atoms with Crippen molar-refractivity contribution >= 4 is 23.0 Å². The molecule has 122 valence electrons. The topological polar surface area (TPSA) is 48.1 Å². The number of hydrogen-bond acceptors (Lipinski definition) is 4. The SMILES string of the molecule is CCCNc1ccc(NC2CC(c3ccc(Cl)cc3)NN2)cc1. The second-order valence-corrected chi connectivity index (χ2v) is 6.27. The molecule has 5 heteroatoms. The van der Waals surface area contributed by atoms with Crippen LogP contribution in [-0.2, 0) is 0 Å². The Bertz CT molecular complexity index is 612. The van der Waals surface area contributed by atoms with E-state index in [2.05, 4.69) is 64.8 Å². The third kappa shape index (κ3) is 4.38. The first-order valence-corrected chi connectivity index (χ1v) is 8.49. The van der Waals surface area contributed by atoms with Crippen LogP contribution in [0.3, 0.4) is 0 Å². The van der Waals surface area contributed by atoms with E-state index in [1.54, 1.807) is 0 Å². The van der Waals surface area contributed by atoms with E-state index in [9.17, 15) is 0 Å². The summed E-state index contributed by atoms with van der Waals surface area (Å²) in [6, 6.07) is 16.7. The molecule has 3 rings (SSSR count). The summed E-state index contributed by atoms with van der Waals surface area (Å²) in [6.07, 6.45) is 2.30. The Labute approximate surface area is 142 Å². The van der Waals surface area contributed by atoms with Gasteiger partial charge in [-0.2, -0.15) is 0 Å². The van der Waals surface area contributed by atoms with Crippen molar-refractivity contribution in [2.45, 2.75) is 32.0 Å². The summed E-state index contributed by atoms with van der Waals surface area (Å²) in [5, 5.41) is 7.66. The molecular weight excluding hydrogens is 308 g/mol. The van der Waals surface area contributed by atoms with E-state index in [4.69, 9.17) is 11.6 Å². The highest BCUT2D eigenvalue weighted by atomic mass is 35.5. The fraction of sp³-hybridized carbons (Fsp3) is 0.333. The summed E-state index contributed by atoms with van der Waals surface area (Å²) in [6.45, 7) is 3.17. The molecule has 0 bridgehead atoms. The largest absolute Gasteiger partial charge is 0.385 e. The van der Waals surface area contributed by atoms with Gasteiger partial charge in [-0.15, -0.1) is 0 Å². The molecule has 1 heterocycles. The normalized spacial score (nSPS) is 20.4. The first-order valence-electron chi connectivity index (χ1n) is 8.11. The van der Waals surface area contributed by atoms with Gasteiger partial charge in [0.25, 0.3) is 0 Å². The highest BCUT2D eigenvalue weighted by Gasteiger charge is 2.24. The molecule has 0 aromatic heterocycles. The Morgan fingerprint density at radius 2 is 1.70 bits per heavy atom. The zero-order valence-corrected chi connectivity index (χ0v) is 14.0. The highest BCUT2D eigenvalue weighted by Crippen LogP contribution is 2.24. The second-order valence-electron chi connectivity index (χ2n) is 5.83. The van der Waals surface area contributed by atoms with Gasteiger partial charge < -0.3 is 10.6 Å². The van der Waals surface area contributed by atoms with Gasteiger partial charge in [-0.25, -0.2) is 10.9 Å². The molecule has 1 saturated heterocycles. The number of anilines is 2. The Hall–Kier alpha value is -1.75. The lowest BCUT2D eigenvalue weighted by Gasteiger charge is -2.14. The van der Waals surface area contributed by atoms with E-state index in [1.807, 2.05) is 12.1 Å². The van der Waals surface area contributed by atoms with E-state index in [1.165, 1.54) is 5.56 Å². The summed E-state index contributed by atoms with van der Waals surface area (Å²) in [5.74, 6) is 0. The minimum absolute atomic E-state index is 0.199. The van der Waals surface area contributed by atoms with E-state index in [-0.39, 0.29) is 12.2 Å². The number of halogens is 1. The molecule has 2 atom stereocenters. The first kappa shape index (κ1) is 16.1. The Kier molecular flexibility index (Phi) is 5.39. The van der Waals surface area contributed by atoms with E-state index < -0.39 is 0 Å². The number of nitrogens with one attached hydrogen (secondary N) is 4. The van der Waals surface area contributed by atoms with Crippen LogP contribution in [-0.4, -0.2) is 12.7 Å². The second kappa shape index (κ2) is 7.68. The van der Waals surface area contributed by atoms with Crippen LogP contribution in [0.5, 0.6) is 0 Å². The molecule has 0 aliphatic carbocycles. The maximum absolute atomic E-state index is 5.95. The monoisotopic (exact) mass is 330 g/mol. The molecule has 4 N–H and O–H groups in total. The fourth-order valence-electron chi connectivity index (χ4n) is 2.72. The lowest BCUT2D eigenvalue weighted by atomic mass is 10.0. The molecule has 2 unspecified atom stereocenters. The number of rotatable bonds is 6. The van der Waals surface area contributed by atoms with Crippen LogP contribution in [0.25, 0.3) is 0 Å². The number of hydrazine groups is 1. The summed E-state index contributed by atoms with van der Waals surface area (Å²) in [7, 11) is 0. The van der Waals surface area contributed by atoms with Crippen LogP contribution < -0.4 is 21.5 Å². The van der Waals surface area contributed by atoms with Gasteiger partial charge in [0, 0.05) is 35.4 Å². The van der Waals surface area contributed by atoms with Crippen LogP contribution in [0.15, 0.2) is 48.5 Å². The molecule has 1 aliphatic rings. The summed E-state index contributed by atoms with van der Waals surface area (Å²) < 4.78 is 0. The zero-order valence-electron chi connectivity index (χ0n) is 13.3. The van der Waals surface area contributed by atoms with Crippen LogP contribution in [0, 0.1) is 0 Å². The summed E-state index contributed by atoms with van der Waals surface area (Å²) >= 11 is 5.95. The molecular formula is C18H23ClN4. The molecule has 4 nitrogen and oxygen atoms in total. The van der Waals surface area contributed by atoms with Crippen molar-refractivity contribution < 1.29 is 0 Å². The van der Waals surface area contributed by atoms with Gasteiger partial charge in [0.1, 0.15) is 0 Å². The molecule has 1 aliphatic heterocycles. The van der Waals surface area contributed by atoms with E-state index in [0.717, 1.165) is 35.8 Å². The van der Waals surface area contributed by atoms with Crippen molar-refractivity contribution in [3.63, 3.8) is 0 Å². The Morgan fingerprint density at radius 3 is 2.39 bits per heavy atom. The average Bonchev–Trinajstić information content (AvgIpc) is 3.03. The predicted octanol–water partition coefficient (Wildman–Crippen LogP) is 4.14. The molecule has 23 heavy (non-hydrogen) atoms. The van der Waals surface area contributed by atoms with Gasteiger partial charge in [0.05, 0.1) is 6.17 Å². The predicted molar refractivity (Wildman–Crippen MR) is 97.7 cm³/mol. The van der Waals surface area contributed by atoms with Gasteiger partial charge >= 0.3 is 0 Å². The Morgan fingerprint density at radius 1 is 1.00 bits per heavy atom. The maximum atomic E-state index is 5.95. The van der Waals surface area contributed by atoms with Gasteiger partial charge in [0.15, 0.2) is 0 Å².